The van der Waals surface area contributed by atoms with Gasteiger partial charge in [-0.1, -0.05) is 44.2 Å². The van der Waals surface area contributed by atoms with Crippen molar-refractivity contribution in [3.8, 4) is 17.2 Å². The number of benzene rings is 2. The summed E-state index contributed by atoms with van der Waals surface area (Å²) in [5, 5.41) is 16.5. The van der Waals surface area contributed by atoms with Crippen molar-refractivity contribution in [3.63, 3.8) is 0 Å². The summed E-state index contributed by atoms with van der Waals surface area (Å²) in [6, 6.07) is 22.0. The number of pyridine rings is 1. The third-order valence-electron chi connectivity index (χ3n) is 5.80. The third-order valence-corrected chi connectivity index (χ3v) is 5.80. The maximum Gasteiger partial charge on any atom is 0.304 e. The molecule has 0 bridgehead atoms. The molecule has 2 heterocycles. The van der Waals surface area contributed by atoms with Crippen LogP contribution in [0.3, 0.4) is 0 Å². The van der Waals surface area contributed by atoms with E-state index in [-0.39, 0.29) is 12.5 Å². The number of anilines is 1. The molecule has 4 rings (SSSR count). The Kier molecular flexibility index (Phi) is 8.00. The molecule has 1 atom stereocenters. The Labute approximate surface area is 205 Å². The highest BCUT2D eigenvalue weighted by Crippen LogP contribution is 2.27. The smallest absolute Gasteiger partial charge is 0.304 e. The molecular formula is C28H31N3O4. The molecule has 0 spiro atoms. The fraction of sp³-hybridized carbons (Fsp3) is 0.286. The number of ether oxygens (including phenoxy) is 1. The van der Waals surface area contributed by atoms with Gasteiger partial charge in [0.25, 0.3) is 0 Å². The Bertz CT molecular complexity index is 1200. The van der Waals surface area contributed by atoms with Crippen molar-refractivity contribution in [3.05, 3.63) is 78.5 Å². The molecule has 7 heteroatoms. The lowest BCUT2D eigenvalue weighted by Gasteiger charge is -2.24. The molecule has 0 unspecified atom stereocenters. The fourth-order valence-electron chi connectivity index (χ4n) is 3.67. The molecule has 0 aliphatic carbocycles. The van der Waals surface area contributed by atoms with Gasteiger partial charge >= 0.3 is 5.97 Å². The molecule has 4 aromatic rings. The van der Waals surface area contributed by atoms with E-state index >= 15 is 0 Å². The molecule has 2 aromatic heterocycles. The second-order valence-corrected chi connectivity index (χ2v) is 8.85. The molecular weight excluding hydrogens is 442 g/mol. The first kappa shape index (κ1) is 24.3. The number of nitrogens with zero attached hydrogens (tertiary/aromatic N) is 1. The zero-order valence-corrected chi connectivity index (χ0v) is 20.0. The Morgan fingerprint density at radius 2 is 1.89 bits per heavy atom. The second-order valence-electron chi connectivity index (χ2n) is 8.85. The summed E-state index contributed by atoms with van der Waals surface area (Å²) in [5.41, 5.74) is 3.73. The van der Waals surface area contributed by atoms with E-state index in [2.05, 4.69) is 29.5 Å². The summed E-state index contributed by atoms with van der Waals surface area (Å²) in [5.74, 6) is 1.01. The van der Waals surface area contributed by atoms with Gasteiger partial charge < -0.3 is 24.9 Å². The van der Waals surface area contributed by atoms with Crippen LogP contribution in [0.1, 0.15) is 25.8 Å². The minimum atomic E-state index is -0.795. The number of para-hydroxylation sites is 1. The van der Waals surface area contributed by atoms with E-state index in [1.807, 2.05) is 66.7 Å². The van der Waals surface area contributed by atoms with E-state index in [1.165, 1.54) is 0 Å². The quantitative estimate of drug-likeness (QED) is 0.231. The van der Waals surface area contributed by atoms with E-state index in [0.717, 1.165) is 33.7 Å². The van der Waals surface area contributed by atoms with Gasteiger partial charge in [-0.3, -0.25) is 4.79 Å². The Hall–Kier alpha value is -3.84. The Balaban J connectivity index is 1.30. The highest BCUT2D eigenvalue weighted by atomic mass is 16.5. The van der Waals surface area contributed by atoms with Gasteiger partial charge in [-0.25, -0.2) is 4.98 Å². The number of hydrogen-bond donors (Lipinski definition) is 3. The van der Waals surface area contributed by atoms with Crippen LogP contribution in [-0.4, -0.2) is 35.3 Å². The predicted octanol–water partition coefficient (Wildman–Crippen LogP) is 5.57. The Morgan fingerprint density at radius 1 is 1.09 bits per heavy atom. The molecule has 0 radical (unpaired) electrons. The van der Waals surface area contributed by atoms with Crippen molar-refractivity contribution < 1.29 is 19.1 Å². The number of furan rings is 1. The van der Waals surface area contributed by atoms with Gasteiger partial charge in [0.05, 0.1) is 18.7 Å². The first-order valence-corrected chi connectivity index (χ1v) is 11.8. The topological polar surface area (TPSA) is 96.6 Å². The number of carboxylic acid groups (broad SMARTS) is 1. The van der Waals surface area contributed by atoms with Crippen molar-refractivity contribution in [1.82, 2.24) is 10.3 Å². The molecule has 0 aliphatic rings. The van der Waals surface area contributed by atoms with Crippen molar-refractivity contribution in [1.29, 1.82) is 0 Å². The van der Waals surface area contributed by atoms with E-state index in [1.54, 1.807) is 6.20 Å². The summed E-state index contributed by atoms with van der Waals surface area (Å²) in [4.78, 5) is 15.1. The average Bonchev–Trinajstić information content (AvgIpc) is 3.30. The Morgan fingerprint density at radius 3 is 2.57 bits per heavy atom. The van der Waals surface area contributed by atoms with Crippen LogP contribution in [0.15, 0.2) is 77.3 Å². The van der Waals surface area contributed by atoms with E-state index < -0.39 is 5.97 Å². The summed E-state index contributed by atoms with van der Waals surface area (Å²) in [6.07, 6.45) is 1.85. The molecule has 0 fully saturated rings. The first-order valence-electron chi connectivity index (χ1n) is 11.8. The number of aromatic nitrogens is 1. The normalized spacial score (nSPS) is 12.1. The van der Waals surface area contributed by atoms with Crippen molar-refractivity contribution in [2.75, 3.05) is 18.5 Å². The van der Waals surface area contributed by atoms with Crippen LogP contribution in [0.5, 0.6) is 5.75 Å². The molecule has 2 aromatic carbocycles. The number of carbonyl (C=O) groups is 1. The summed E-state index contributed by atoms with van der Waals surface area (Å²) in [7, 11) is 0. The van der Waals surface area contributed by atoms with Crippen LogP contribution in [0.25, 0.3) is 22.4 Å². The fourth-order valence-corrected chi connectivity index (χ4v) is 3.67. The van der Waals surface area contributed by atoms with Gasteiger partial charge in [-0.15, -0.1) is 0 Å². The highest BCUT2D eigenvalue weighted by Gasteiger charge is 2.15. The lowest BCUT2D eigenvalue weighted by molar-refractivity contribution is -0.136. The molecule has 0 saturated heterocycles. The predicted molar refractivity (Wildman–Crippen MR) is 138 cm³/mol. The molecule has 3 N–H and O–H groups in total. The number of aliphatic carboxylic acids is 1. The molecule has 35 heavy (non-hydrogen) atoms. The molecule has 7 nitrogen and oxygen atoms in total. The molecule has 0 saturated carbocycles. The molecule has 182 valence electrons. The zero-order valence-electron chi connectivity index (χ0n) is 20.0. The number of carboxylic acids is 1. The van der Waals surface area contributed by atoms with Crippen LogP contribution in [0.2, 0.25) is 0 Å². The van der Waals surface area contributed by atoms with Crippen molar-refractivity contribution >= 4 is 22.6 Å². The summed E-state index contributed by atoms with van der Waals surface area (Å²) < 4.78 is 11.9. The monoisotopic (exact) mass is 473 g/mol. The van der Waals surface area contributed by atoms with Gasteiger partial charge in [0.1, 0.15) is 23.6 Å². The van der Waals surface area contributed by atoms with Crippen molar-refractivity contribution in [2.24, 2.45) is 5.92 Å². The first-order chi connectivity index (χ1) is 17.0. The summed E-state index contributed by atoms with van der Waals surface area (Å²) >= 11 is 0. The van der Waals surface area contributed by atoms with Crippen LogP contribution in [0, 0.1) is 5.92 Å². The average molecular weight is 474 g/mol. The standard InChI is InChI=1S/C28H31N3O4/c1-19(2)25(31-22-9-7-20(8-10-22)16-29-14-13-28(32)33)18-34-23-11-12-24(30-17-23)27-15-21-5-3-4-6-26(21)35-27/h3-12,15,17,19,25,29,31H,13-14,16,18H2,1-2H3,(H,32,33)/t25-/m1/s1. The number of hydrogen-bond acceptors (Lipinski definition) is 6. The number of nitrogens with one attached hydrogen (secondary N) is 2. The van der Waals surface area contributed by atoms with Crippen LogP contribution < -0.4 is 15.4 Å². The largest absolute Gasteiger partial charge is 0.490 e. The van der Waals surface area contributed by atoms with Crippen molar-refractivity contribution in [2.45, 2.75) is 32.9 Å². The van der Waals surface area contributed by atoms with Gasteiger partial charge in [0, 0.05) is 24.2 Å². The molecule has 0 amide bonds. The maximum atomic E-state index is 10.6. The van der Waals surface area contributed by atoms with E-state index in [0.29, 0.717) is 31.4 Å². The van der Waals surface area contributed by atoms with Crippen LogP contribution >= 0.6 is 0 Å². The summed E-state index contributed by atoms with van der Waals surface area (Å²) in [6.45, 7) is 5.91. The maximum absolute atomic E-state index is 10.6. The van der Waals surface area contributed by atoms with Gasteiger partial charge in [-0.2, -0.15) is 0 Å². The van der Waals surface area contributed by atoms with Gasteiger partial charge in [0.15, 0.2) is 5.76 Å². The number of fused-ring (bicyclic) bond motifs is 1. The van der Waals surface area contributed by atoms with E-state index in [9.17, 15) is 4.79 Å². The SMILES string of the molecule is CC(C)[C@@H](COc1ccc(-c2cc3ccccc3o2)nc1)Nc1ccc(CNCCC(=O)O)cc1. The minimum absolute atomic E-state index is 0.115. The van der Waals surface area contributed by atoms with Gasteiger partial charge in [0.2, 0.25) is 0 Å². The van der Waals surface area contributed by atoms with Gasteiger partial charge in [-0.05, 0) is 47.9 Å². The zero-order chi connectivity index (χ0) is 24.6. The highest BCUT2D eigenvalue weighted by molar-refractivity contribution is 5.82. The lowest BCUT2D eigenvalue weighted by atomic mass is 10.0. The van der Waals surface area contributed by atoms with E-state index in [4.69, 9.17) is 14.3 Å². The molecule has 0 aliphatic heterocycles. The number of rotatable bonds is 12. The van der Waals surface area contributed by atoms with Crippen LogP contribution in [0.4, 0.5) is 5.69 Å². The second kappa shape index (κ2) is 11.5. The third kappa shape index (κ3) is 6.83. The lowest BCUT2D eigenvalue weighted by Crippen LogP contribution is -2.32. The van der Waals surface area contributed by atoms with Crippen LogP contribution in [-0.2, 0) is 11.3 Å². The minimum Gasteiger partial charge on any atom is -0.490 e.